The van der Waals surface area contributed by atoms with E-state index in [9.17, 15) is 14.9 Å². The van der Waals surface area contributed by atoms with E-state index in [4.69, 9.17) is 0 Å². The van der Waals surface area contributed by atoms with E-state index in [1.54, 1.807) is 12.1 Å². The van der Waals surface area contributed by atoms with Crippen LogP contribution >= 0.6 is 0 Å². The number of H-pyrrole nitrogens is 1. The van der Waals surface area contributed by atoms with E-state index in [-0.39, 0.29) is 11.4 Å². The summed E-state index contributed by atoms with van der Waals surface area (Å²) in [5.41, 5.74) is 3.04. The van der Waals surface area contributed by atoms with E-state index < -0.39 is 10.8 Å². The molecule has 0 radical (unpaired) electrons. The van der Waals surface area contributed by atoms with Gasteiger partial charge < -0.3 is 10.3 Å². The molecule has 0 atom stereocenters. The van der Waals surface area contributed by atoms with Crippen molar-refractivity contribution >= 4 is 28.3 Å². The van der Waals surface area contributed by atoms with Crippen molar-refractivity contribution in [2.45, 2.75) is 0 Å². The summed E-state index contributed by atoms with van der Waals surface area (Å²) in [4.78, 5) is 34.1. The zero-order valence-corrected chi connectivity index (χ0v) is 13.9. The van der Waals surface area contributed by atoms with Crippen LogP contribution in [0.1, 0.15) is 10.5 Å². The van der Waals surface area contributed by atoms with E-state index in [0.29, 0.717) is 5.69 Å². The molecule has 4 aromatic rings. The summed E-state index contributed by atoms with van der Waals surface area (Å²) in [6, 6.07) is 17.2. The number of hydrogen-bond acceptors (Lipinski definition) is 5. The molecule has 0 saturated carbocycles. The third kappa shape index (κ3) is 3.36. The molecule has 0 fully saturated rings. The number of rotatable bonds is 4. The van der Waals surface area contributed by atoms with Gasteiger partial charge in [0, 0.05) is 29.6 Å². The van der Waals surface area contributed by atoms with Gasteiger partial charge >= 0.3 is 0 Å². The van der Waals surface area contributed by atoms with Gasteiger partial charge in [-0.1, -0.05) is 12.1 Å². The van der Waals surface area contributed by atoms with E-state index in [0.717, 1.165) is 28.5 Å². The number of para-hydroxylation sites is 2. The van der Waals surface area contributed by atoms with Crippen LogP contribution in [0.15, 0.2) is 66.9 Å². The summed E-state index contributed by atoms with van der Waals surface area (Å²) in [5, 5.41) is 13.5. The highest BCUT2D eigenvalue weighted by Crippen LogP contribution is 2.22. The van der Waals surface area contributed by atoms with Gasteiger partial charge in [-0.3, -0.25) is 19.9 Å². The van der Waals surface area contributed by atoms with Crippen molar-refractivity contribution in [1.29, 1.82) is 0 Å². The van der Waals surface area contributed by atoms with Crippen molar-refractivity contribution in [2.75, 3.05) is 5.32 Å². The van der Waals surface area contributed by atoms with Crippen LogP contribution in [-0.4, -0.2) is 25.8 Å². The molecule has 0 unspecified atom stereocenters. The first-order valence-corrected chi connectivity index (χ1v) is 8.07. The highest BCUT2D eigenvalue weighted by Gasteiger charge is 2.13. The lowest BCUT2D eigenvalue weighted by Crippen LogP contribution is -2.13. The molecule has 0 aliphatic carbocycles. The molecule has 132 valence electrons. The number of hydrogen-bond donors (Lipinski definition) is 2. The molecule has 2 N–H and O–H groups in total. The number of carbonyl (C=O) groups is 1. The number of aromatic amines is 1. The number of carbonyl (C=O) groups excluding carboxylic acids is 1. The number of pyridine rings is 1. The molecule has 4 rings (SSSR count). The van der Waals surface area contributed by atoms with Gasteiger partial charge in [0.05, 0.1) is 16.0 Å². The second kappa shape index (κ2) is 6.68. The number of nitro groups is 1. The van der Waals surface area contributed by atoms with Gasteiger partial charge in [-0.2, -0.15) is 0 Å². The maximum atomic E-state index is 12.2. The van der Waals surface area contributed by atoms with Gasteiger partial charge in [0.2, 0.25) is 0 Å². The maximum absolute atomic E-state index is 12.2. The molecule has 0 bridgehead atoms. The summed E-state index contributed by atoms with van der Waals surface area (Å²) in [6.07, 6.45) is 1.23. The van der Waals surface area contributed by atoms with Crippen LogP contribution in [0, 0.1) is 10.1 Å². The molecule has 27 heavy (non-hydrogen) atoms. The Bertz CT molecular complexity index is 1120. The zero-order valence-electron chi connectivity index (χ0n) is 13.9. The average molecular weight is 359 g/mol. The summed E-state index contributed by atoms with van der Waals surface area (Å²) in [7, 11) is 0. The topological polar surface area (TPSA) is 114 Å². The molecule has 2 aromatic carbocycles. The summed E-state index contributed by atoms with van der Waals surface area (Å²) >= 11 is 0. The van der Waals surface area contributed by atoms with E-state index in [1.807, 2.05) is 36.4 Å². The Morgan fingerprint density at radius 1 is 1.07 bits per heavy atom. The number of aromatic nitrogens is 3. The Morgan fingerprint density at radius 3 is 2.59 bits per heavy atom. The number of nitrogens with zero attached hydrogens (tertiary/aromatic N) is 3. The molecule has 0 spiro atoms. The van der Waals surface area contributed by atoms with Crippen molar-refractivity contribution < 1.29 is 9.72 Å². The second-order valence-electron chi connectivity index (χ2n) is 5.79. The van der Waals surface area contributed by atoms with Gasteiger partial charge in [-0.25, -0.2) is 4.98 Å². The van der Waals surface area contributed by atoms with Gasteiger partial charge in [0.1, 0.15) is 11.5 Å². The molecule has 8 heteroatoms. The van der Waals surface area contributed by atoms with Crippen LogP contribution in [0.3, 0.4) is 0 Å². The first-order valence-electron chi connectivity index (χ1n) is 8.07. The molecule has 0 aliphatic heterocycles. The van der Waals surface area contributed by atoms with Gasteiger partial charge in [-0.15, -0.1) is 0 Å². The monoisotopic (exact) mass is 359 g/mol. The Morgan fingerprint density at radius 2 is 1.85 bits per heavy atom. The molecule has 8 nitrogen and oxygen atoms in total. The maximum Gasteiger partial charge on any atom is 0.274 e. The van der Waals surface area contributed by atoms with Crippen molar-refractivity contribution in [2.24, 2.45) is 0 Å². The highest BCUT2D eigenvalue weighted by molar-refractivity contribution is 6.03. The van der Waals surface area contributed by atoms with E-state index in [2.05, 4.69) is 20.3 Å². The Hall–Kier alpha value is -4.07. The van der Waals surface area contributed by atoms with Gasteiger partial charge in [0.25, 0.3) is 11.6 Å². The largest absolute Gasteiger partial charge is 0.338 e. The van der Waals surface area contributed by atoms with Gasteiger partial charge in [-0.05, 0) is 36.4 Å². The molecule has 2 heterocycles. The summed E-state index contributed by atoms with van der Waals surface area (Å²) in [6.45, 7) is 0. The normalized spacial score (nSPS) is 10.7. The number of imidazole rings is 1. The van der Waals surface area contributed by atoms with E-state index >= 15 is 0 Å². The summed E-state index contributed by atoms with van der Waals surface area (Å²) in [5.74, 6) is 0.213. The Labute approximate surface area is 153 Å². The third-order valence-electron chi connectivity index (χ3n) is 3.99. The smallest absolute Gasteiger partial charge is 0.274 e. The minimum Gasteiger partial charge on any atom is -0.338 e. The predicted molar refractivity (Wildman–Crippen MR) is 100 cm³/mol. The minimum absolute atomic E-state index is 0.0226. The lowest BCUT2D eigenvalue weighted by molar-refractivity contribution is -0.385. The van der Waals surface area contributed by atoms with Gasteiger partial charge in [0.15, 0.2) is 0 Å². The number of amides is 1. The fourth-order valence-electron chi connectivity index (χ4n) is 2.65. The van der Waals surface area contributed by atoms with Crippen molar-refractivity contribution in [1.82, 2.24) is 15.0 Å². The Kier molecular flexibility index (Phi) is 4.06. The number of nitrogens with one attached hydrogen (secondary N) is 2. The van der Waals surface area contributed by atoms with Crippen LogP contribution in [0.2, 0.25) is 0 Å². The SMILES string of the molecule is O=C(Nc1ccc(-c2nc3ccccc3[nH]2)cc1)c1cc([N+](=O)[O-])ccn1. The molecular weight excluding hydrogens is 346 g/mol. The third-order valence-corrected chi connectivity index (χ3v) is 3.99. The molecule has 1 amide bonds. The van der Waals surface area contributed by atoms with Crippen LogP contribution in [0.5, 0.6) is 0 Å². The summed E-state index contributed by atoms with van der Waals surface area (Å²) < 4.78 is 0. The average Bonchev–Trinajstić information content (AvgIpc) is 3.13. The second-order valence-corrected chi connectivity index (χ2v) is 5.79. The van der Waals surface area contributed by atoms with Crippen molar-refractivity contribution in [3.05, 3.63) is 82.7 Å². The predicted octanol–water partition coefficient (Wildman–Crippen LogP) is 3.79. The first-order chi connectivity index (χ1) is 13.1. The van der Waals surface area contributed by atoms with Crippen LogP contribution in [0.25, 0.3) is 22.4 Å². The highest BCUT2D eigenvalue weighted by atomic mass is 16.6. The van der Waals surface area contributed by atoms with Crippen molar-refractivity contribution in [3.63, 3.8) is 0 Å². The van der Waals surface area contributed by atoms with Crippen LogP contribution < -0.4 is 5.32 Å². The number of fused-ring (bicyclic) bond motifs is 1. The molecule has 0 aliphatic rings. The quantitative estimate of drug-likeness (QED) is 0.425. The minimum atomic E-state index is -0.569. The zero-order chi connectivity index (χ0) is 18.8. The lowest BCUT2D eigenvalue weighted by atomic mass is 10.2. The van der Waals surface area contributed by atoms with Crippen molar-refractivity contribution in [3.8, 4) is 11.4 Å². The van der Waals surface area contributed by atoms with E-state index in [1.165, 1.54) is 12.3 Å². The molecule has 0 saturated heterocycles. The fraction of sp³-hybridized carbons (Fsp3) is 0. The van der Waals surface area contributed by atoms with Crippen LogP contribution in [0.4, 0.5) is 11.4 Å². The molecular formula is C19H13N5O3. The Balaban J connectivity index is 1.53. The lowest BCUT2D eigenvalue weighted by Gasteiger charge is -2.05. The van der Waals surface area contributed by atoms with Crippen LogP contribution in [-0.2, 0) is 0 Å². The number of benzene rings is 2. The molecule has 2 aromatic heterocycles. The first kappa shape index (κ1) is 16.4. The number of anilines is 1. The standard InChI is InChI=1S/C19H13N5O3/c25-19(17-11-14(24(26)27)9-10-20-17)21-13-7-5-12(6-8-13)18-22-15-3-1-2-4-16(15)23-18/h1-11H,(H,21,25)(H,22,23). The fourth-order valence-corrected chi connectivity index (χ4v) is 2.65.